The van der Waals surface area contributed by atoms with Gasteiger partial charge in [-0.25, -0.2) is 4.98 Å². The van der Waals surface area contributed by atoms with E-state index in [4.69, 9.17) is 14.9 Å². The van der Waals surface area contributed by atoms with Crippen LogP contribution in [0, 0.1) is 6.92 Å². The van der Waals surface area contributed by atoms with E-state index in [-0.39, 0.29) is 23.9 Å². The molecule has 1 fully saturated rings. The van der Waals surface area contributed by atoms with Crippen LogP contribution in [0.15, 0.2) is 65.2 Å². The van der Waals surface area contributed by atoms with E-state index in [1.54, 1.807) is 12.3 Å². The standard InChI is InChI=1S/C28H30N4O3/c1-3-19-10-18(9-8-17(19)2)16-34-26-15-30-14-23(26)32-28(33)22-11-21(13-31-27(22)29)25-12-20-6-4-5-7-24(20)35-25/h4-13,23,26,30H,3,14-16H2,1-2H3,(H2,29,31)(H,32,33). The molecule has 1 aliphatic rings. The Hall–Kier alpha value is -3.68. The maximum atomic E-state index is 13.2. The van der Waals surface area contributed by atoms with Crippen molar-refractivity contribution in [1.82, 2.24) is 15.6 Å². The second-order valence-electron chi connectivity index (χ2n) is 9.01. The first kappa shape index (κ1) is 23.1. The van der Waals surface area contributed by atoms with Crippen LogP contribution < -0.4 is 16.4 Å². The number of pyridine rings is 1. The number of carbonyl (C=O) groups is 1. The summed E-state index contributed by atoms with van der Waals surface area (Å²) in [7, 11) is 0. The molecule has 0 radical (unpaired) electrons. The fourth-order valence-corrected chi connectivity index (χ4v) is 4.53. The molecule has 4 aromatic rings. The second kappa shape index (κ2) is 9.90. The monoisotopic (exact) mass is 470 g/mol. The van der Waals surface area contributed by atoms with Crippen LogP contribution >= 0.6 is 0 Å². The molecule has 0 saturated carbocycles. The summed E-state index contributed by atoms with van der Waals surface area (Å²) in [4.78, 5) is 17.4. The Bertz CT molecular complexity index is 1330. The Morgan fingerprint density at radius 2 is 2.06 bits per heavy atom. The average molecular weight is 471 g/mol. The van der Waals surface area contributed by atoms with Gasteiger partial charge in [0.1, 0.15) is 17.2 Å². The van der Waals surface area contributed by atoms with Gasteiger partial charge in [-0.05, 0) is 48.2 Å². The zero-order valence-electron chi connectivity index (χ0n) is 20.0. The summed E-state index contributed by atoms with van der Waals surface area (Å²) in [6.45, 7) is 6.07. The number of furan rings is 1. The third-order valence-corrected chi connectivity index (χ3v) is 6.61. The van der Waals surface area contributed by atoms with Gasteiger partial charge in [0.2, 0.25) is 0 Å². The lowest BCUT2D eigenvalue weighted by Gasteiger charge is -2.21. The van der Waals surface area contributed by atoms with Gasteiger partial charge in [-0.15, -0.1) is 0 Å². The van der Waals surface area contributed by atoms with Crippen molar-refractivity contribution >= 4 is 22.7 Å². The van der Waals surface area contributed by atoms with Gasteiger partial charge < -0.3 is 25.5 Å². The van der Waals surface area contributed by atoms with Crippen molar-refractivity contribution in [1.29, 1.82) is 0 Å². The van der Waals surface area contributed by atoms with Crippen molar-refractivity contribution in [3.05, 3.63) is 83.0 Å². The first-order valence-corrected chi connectivity index (χ1v) is 12.0. The topological polar surface area (TPSA) is 102 Å². The predicted molar refractivity (Wildman–Crippen MR) is 137 cm³/mol. The third kappa shape index (κ3) is 4.92. The number of anilines is 1. The maximum absolute atomic E-state index is 13.2. The molecule has 3 heterocycles. The number of aryl methyl sites for hydroxylation is 2. The molecule has 2 atom stereocenters. The lowest BCUT2D eigenvalue weighted by molar-refractivity contribution is 0.0357. The highest BCUT2D eigenvalue weighted by molar-refractivity contribution is 5.99. The van der Waals surface area contributed by atoms with E-state index in [0.29, 0.717) is 36.6 Å². The molecule has 0 aliphatic carbocycles. The zero-order valence-corrected chi connectivity index (χ0v) is 20.0. The van der Waals surface area contributed by atoms with Gasteiger partial charge in [-0.2, -0.15) is 0 Å². The number of hydrogen-bond acceptors (Lipinski definition) is 6. The van der Waals surface area contributed by atoms with Gasteiger partial charge in [0.05, 0.1) is 24.3 Å². The SMILES string of the molecule is CCc1cc(COC2CNCC2NC(=O)c2cc(-c3cc4ccccc4o3)cnc2N)ccc1C. The molecule has 7 nitrogen and oxygen atoms in total. The number of nitrogens with one attached hydrogen (secondary N) is 2. The van der Waals surface area contributed by atoms with Gasteiger partial charge in [-0.3, -0.25) is 4.79 Å². The molecule has 0 spiro atoms. The number of benzene rings is 2. The summed E-state index contributed by atoms with van der Waals surface area (Å²) in [5.41, 5.74) is 11.6. The summed E-state index contributed by atoms with van der Waals surface area (Å²) in [5.74, 6) is 0.539. The zero-order chi connectivity index (χ0) is 24.4. The fraction of sp³-hybridized carbons (Fsp3) is 0.286. The highest BCUT2D eigenvalue weighted by atomic mass is 16.5. The Labute approximate surface area is 204 Å². The van der Waals surface area contributed by atoms with E-state index < -0.39 is 0 Å². The van der Waals surface area contributed by atoms with Gasteiger partial charge in [0.25, 0.3) is 5.91 Å². The molecule has 35 heavy (non-hydrogen) atoms. The quantitative estimate of drug-likeness (QED) is 0.374. The summed E-state index contributed by atoms with van der Waals surface area (Å²) in [5, 5.41) is 7.38. The third-order valence-electron chi connectivity index (χ3n) is 6.61. The number of ether oxygens (including phenoxy) is 1. The predicted octanol–water partition coefficient (Wildman–Crippen LogP) is 4.23. The summed E-state index contributed by atoms with van der Waals surface area (Å²) in [6.07, 6.45) is 2.48. The molecular weight excluding hydrogens is 440 g/mol. The minimum absolute atomic E-state index is 0.141. The van der Waals surface area contributed by atoms with Crippen molar-refractivity contribution in [3.8, 4) is 11.3 Å². The van der Waals surface area contributed by atoms with Gasteiger partial charge in [0.15, 0.2) is 0 Å². The maximum Gasteiger partial charge on any atom is 0.255 e. The van der Waals surface area contributed by atoms with Crippen LogP contribution in [0.2, 0.25) is 0 Å². The Morgan fingerprint density at radius 1 is 1.20 bits per heavy atom. The second-order valence-corrected chi connectivity index (χ2v) is 9.01. The highest BCUT2D eigenvalue weighted by Crippen LogP contribution is 2.29. The number of amides is 1. The van der Waals surface area contributed by atoms with Crippen LogP contribution in [0.1, 0.15) is 34.0 Å². The highest BCUT2D eigenvalue weighted by Gasteiger charge is 2.30. The van der Waals surface area contributed by atoms with E-state index >= 15 is 0 Å². The Balaban J connectivity index is 1.28. The van der Waals surface area contributed by atoms with Crippen LogP contribution in [0.3, 0.4) is 0 Å². The number of hydrogen-bond donors (Lipinski definition) is 3. The van der Waals surface area contributed by atoms with Crippen molar-refractivity contribution in [2.24, 2.45) is 0 Å². The normalized spacial score (nSPS) is 17.7. The molecule has 5 rings (SSSR count). The molecule has 1 saturated heterocycles. The molecule has 4 N–H and O–H groups in total. The van der Waals surface area contributed by atoms with Crippen molar-refractivity contribution in [2.45, 2.75) is 39.0 Å². The number of carbonyl (C=O) groups excluding carboxylic acids is 1. The average Bonchev–Trinajstić information content (AvgIpc) is 3.50. The number of rotatable bonds is 7. The van der Waals surface area contributed by atoms with Gasteiger partial charge in [-0.1, -0.05) is 43.3 Å². The smallest absolute Gasteiger partial charge is 0.255 e. The minimum atomic E-state index is -0.279. The molecule has 0 bridgehead atoms. The molecule has 1 aliphatic heterocycles. The first-order valence-electron chi connectivity index (χ1n) is 12.0. The number of nitrogen functional groups attached to an aromatic ring is 1. The fourth-order valence-electron chi connectivity index (χ4n) is 4.53. The van der Waals surface area contributed by atoms with Gasteiger partial charge >= 0.3 is 0 Å². The van der Waals surface area contributed by atoms with Crippen LogP contribution in [0.25, 0.3) is 22.3 Å². The first-order chi connectivity index (χ1) is 17.0. The van der Waals surface area contributed by atoms with E-state index in [2.05, 4.69) is 47.7 Å². The molecule has 2 unspecified atom stereocenters. The van der Waals surface area contributed by atoms with E-state index in [1.807, 2.05) is 30.3 Å². The van der Waals surface area contributed by atoms with Crippen LogP contribution in [0.5, 0.6) is 0 Å². The molecule has 2 aromatic heterocycles. The number of para-hydroxylation sites is 1. The van der Waals surface area contributed by atoms with E-state index in [9.17, 15) is 4.79 Å². The number of fused-ring (bicyclic) bond motifs is 1. The number of nitrogens with two attached hydrogens (primary N) is 1. The van der Waals surface area contributed by atoms with Crippen molar-refractivity contribution in [2.75, 3.05) is 18.8 Å². The number of nitrogens with zero attached hydrogens (tertiary/aromatic N) is 1. The van der Waals surface area contributed by atoms with Crippen molar-refractivity contribution in [3.63, 3.8) is 0 Å². The number of aromatic nitrogens is 1. The van der Waals surface area contributed by atoms with Crippen LogP contribution in [-0.2, 0) is 17.8 Å². The lowest BCUT2D eigenvalue weighted by atomic mass is 10.0. The van der Waals surface area contributed by atoms with E-state index in [1.165, 1.54) is 11.1 Å². The van der Waals surface area contributed by atoms with Crippen LogP contribution in [0.4, 0.5) is 5.82 Å². The molecular formula is C28H30N4O3. The largest absolute Gasteiger partial charge is 0.456 e. The van der Waals surface area contributed by atoms with Crippen molar-refractivity contribution < 1.29 is 13.9 Å². The summed E-state index contributed by atoms with van der Waals surface area (Å²) < 4.78 is 12.1. The minimum Gasteiger partial charge on any atom is -0.456 e. The lowest BCUT2D eigenvalue weighted by Crippen LogP contribution is -2.44. The summed E-state index contributed by atoms with van der Waals surface area (Å²) in [6, 6.07) is 17.7. The Morgan fingerprint density at radius 3 is 2.89 bits per heavy atom. The van der Waals surface area contributed by atoms with Gasteiger partial charge in [0, 0.05) is 30.2 Å². The Kier molecular flexibility index (Phi) is 6.53. The summed E-state index contributed by atoms with van der Waals surface area (Å²) >= 11 is 0. The molecule has 1 amide bonds. The molecule has 7 heteroatoms. The van der Waals surface area contributed by atoms with Crippen LogP contribution in [-0.4, -0.2) is 36.1 Å². The van der Waals surface area contributed by atoms with E-state index in [0.717, 1.165) is 23.0 Å². The molecule has 2 aromatic carbocycles. The molecule has 180 valence electrons.